The Balaban J connectivity index is 2.16. The molecular formula is C25H28N4O3. The van der Waals surface area contributed by atoms with E-state index in [1.807, 2.05) is 30.3 Å². The Kier molecular flexibility index (Phi) is 7.06. The number of nitriles is 1. The number of methoxy groups -OCH3 is 3. The fraction of sp³-hybridized carbons (Fsp3) is 0.280. The summed E-state index contributed by atoms with van der Waals surface area (Å²) in [6.07, 6.45) is 0. The van der Waals surface area contributed by atoms with E-state index in [1.54, 1.807) is 21.3 Å². The third-order valence-corrected chi connectivity index (χ3v) is 5.43. The number of aromatic nitrogens is 1. The number of benzene rings is 2. The van der Waals surface area contributed by atoms with E-state index in [0.29, 0.717) is 28.5 Å². The molecule has 0 saturated carbocycles. The minimum atomic E-state index is 0.168. The molecule has 3 rings (SSSR count). The molecule has 0 unspecified atom stereocenters. The summed E-state index contributed by atoms with van der Waals surface area (Å²) >= 11 is 0. The van der Waals surface area contributed by atoms with Crippen LogP contribution in [0.5, 0.6) is 17.2 Å². The van der Waals surface area contributed by atoms with Gasteiger partial charge in [-0.25, -0.2) is 4.98 Å². The second-order valence-corrected chi connectivity index (χ2v) is 7.06. The van der Waals surface area contributed by atoms with E-state index in [-0.39, 0.29) is 5.82 Å². The van der Waals surface area contributed by atoms with Gasteiger partial charge in [-0.3, -0.25) is 0 Å². The van der Waals surface area contributed by atoms with Gasteiger partial charge in [-0.1, -0.05) is 12.1 Å². The molecule has 2 N–H and O–H groups in total. The molecule has 32 heavy (non-hydrogen) atoms. The Morgan fingerprint density at radius 1 is 0.906 bits per heavy atom. The zero-order valence-corrected chi connectivity index (χ0v) is 19.1. The quantitative estimate of drug-likeness (QED) is 0.549. The van der Waals surface area contributed by atoms with Crippen LogP contribution in [0.25, 0.3) is 22.4 Å². The lowest BCUT2D eigenvalue weighted by Crippen LogP contribution is -2.21. The maximum Gasteiger partial charge on any atom is 0.203 e. The van der Waals surface area contributed by atoms with Gasteiger partial charge in [0.2, 0.25) is 5.75 Å². The molecule has 0 spiro atoms. The summed E-state index contributed by atoms with van der Waals surface area (Å²) in [5.41, 5.74) is 10.6. The topological polar surface area (TPSA) is 93.6 Å². The van der Waals surface area contributed by atoms with E-state index < -0.39 is 0 Å². The lowest BCUT2D eigenvalue weighted by molar-refractivity contribution is 0.324. The van der Waals surface area contributed by atoms with Crippen molar-refractivity contribution >= 4 is 11.5 Å². The Labute approximate surface area is 189 Å². The summed E-state index contributed by atoms with van der Waals surface area (Å²) < 4.78 is 16.3. The predicted molar refractivity (Wildman–Crippen MR) is 127 cm³/mol. The van der Waals surface area contributed by atoms with E-state index in [9.17, 15) is 5.26 Å². The van der Waals surface area contributed by atoms with Crippen molar-refractivity contribution in [2.75, 3.05) is 45.1 Å². The van der Waals surface area contributed by atoms with Crippen LogP contribution in [-0.2, 0) is 0 Å². The Morgan fingerprint density at radius 2 is 1.50 bits per heavy atom. The fourth-order valence-corrected chi connectivity index (χ4v) is 3.73. The largest absolute Gasteiger partial charge is 0.493 e. The second-order valence-electron chi connectivity index (χ2n) is 7.06. The van der Waals surface area contributed by atoms with Crippen LogP contribution in [0, 0.1) is 11.3 Å². The number of nitrogens with two attached hydrogens (primary N) is 1. The monoisotopic (exact) mass is 432 g/mol. The smallest absolute Gasteiger partial charge is 0.203 e. The molecule has 0 amide bonds. The predicted octanol–water partition coefficient (Wildman–Crippen LogP) is 4.74. The van der Waals surface area contributed by atoms with Crippen LogP contribution in [0.3, 0.4) is 0 Å². The summed E-state index contributed by atoms with van der Waals surface area (Å²) in [5.74, 6) is 1.68. The van der Waals surface area contributed by atoms with Gasteiger partial charge < -0.3 is 24.8 Å². The highest BCUT2D eigenvalue weighted by atomic mass is 16.5. The van der Waals surface area contributed by atoms with E-state index in [2.05, 4.69) is 41.9 Å². The van der Waals surface area contributed by atoms with Crippen molar-refractivity contribution in [3.8, 4) is 45.7 Å². The summed E-state index contributed by atoms with van der Waals surface area (Å²) in [6.45, 7) is 6.09. The number of pyridine rings is 1. The molecule has 166 valence electrons. The van der Waals surface area contributed by atoms with Gasteiger partial charge >= 0.3 is 0 Å². The second kappa shape index (κ2) is 9.92. The van der Waals surface area contributed by atoms with Crippen LogP contribution in [-0.4, -0.2) is 39.4 Å². The zero-order valence-electron chi connectivity index (χ0n) is 19.1. The molecule has 3 aromatic rings. The Morgan fingerprint density at radius 3 is 1.97 bits per heavy atom. The van der Waals surface area contributed by atoms with Crippen molar-refractivity contribution < 1.29 is 14.2 Å². The highest BCUT2D eigenvalue weighted by molar-refractivity contribution is 5.81. The lowest BCUT2D eigenvalue weighted by atomic mass is 9.98. The molecule has 2 aromatic carbocycles. The molecule has 7 nitrogen and oxygen atoms in total. The molecule has 0 bridgehead atoms. The number of anilines is 2. The highest BCUT2D eigenvalue weighted by Gasteiger charge is 2.18. The molecule has 1 heterocycles. The van der Waals surface area contributed by atoms with E-state index in [4.69, 9.17) is 19.9 Å². The number of nitrogen functional groups attached to an aromatic ring is 1. The van der Waals surface area contributed by atoms with E-state index >= 15 is 0 Å². The van der Waals surface area contributed by atoms with Gasteiger partial charge in [-0.15, -0.1) is 0 Å². The van der Waals surface area contributed by atoms with Gasteiger partial charge in [0, 0.05) is 29.9 Å². The Hall–Kier alpha value is -3.92. The molecule has 0 saturated heterocycles. The summed E-state index contributed by atoms with van der Waals surface area (Å²) in [7, 11) is 4.67. The van der Waals surface area contributed by atoms with Crippen LogP contribution < -0.4 is 24.8 Å². The van der Waals surface area contributed by atoms with Crippen molar-refractivity contribution in [3.05, 3.63) is 48.0 Å². The molecular weight excluding hydrogens is 404 g/mol. The van der Waals surface area contributed by atoms with Gasteiger partial charge in [-0.2, -0.15) is 5.26 Å². The van der Waals surface area contributed by atoms with E-state index in [1.165, 1.54) is 0 Å². The first-order valence-corrected chi connectivity index (χ1v) is 10.4. The summed E-state index contributed by atoms with van der Waals surface area (Å²) in [6, 6.07) is 15.8. The van der Waals surface area contributed by atoms with Crippen molar-refractivity contribution in [2.24, 2.45) is 0 Å². The highest BCUT2D eigenvalue weighted by Crippen LogP contribution is 2.42. The molecule has 1 aromatic heterocycles. The van der Waals surface area contributed by atoms with Crippen LogP contribution in [0.1, 0.15) is 19.4 Å². The van der Waals surface area contributed by atoms with Crippen molar-refractivity contribution in [3.63, 3.8) is 0 Å². The van der Waals surface area contributed by atoms with Gasteiger partial charge in [0.25, 0.3) is 0 Å². The van der Waals surface area contributed by atoms with Crippen LogP contribution >= 0.6 is 0 Å². The minimum absolute atomic E-state index is 0.168. The van der Waals surface area contributed by atoms with Crippen molar-refractivity contribution in [1.82, 2.24) is 4.98 Å². The number of hydrogen-bond donors (Lipinski definition) is 1. The van der Waals surface area contributed by atoms with Gasteiger partial charge in [0.1, 0.15) is 17.5 Å². The van der Waals surface area contributed by atoms with Crippen LogP contribution in [0.15, 0.2) is 42.5 Å². The number of rotatable bonds is 8. The fourth-order valence-electron chi connectivity index (χ4n) is 3.73. The van der Waals surface area contributed by atoms with Crippen LogP contribution in [0.2, 0.25) is 0 Å². The van der Waals surface area contributed by atoms with Gasteiger partial charge in [0.05, 0.1) is 27.0 Å². The first-order valence-electron chi connectivity index (χ1n) is 10.4. The van der Waals surface area contributed by atoms with E-state index in [0.717, 1.165) is 35.5 Å². The number of ether oxygens (including phenoxy) is 3. The number of hydrogen-bond acceptors (Lipinski definition) is 7. The molecule has 0 radical (unpaired) electrons. The minimum Gasteiger partial charge on any atom is -0.493 e. The molecule has 0 aliphatic heterocycles. The molecule has 7 heteroatoms. The summed E-state index contributed by atoms with van der Waals surface area (Å²) in [5, 5.41) is 9.74. The normalized spacial score (nSPS) is 10.4. The maximum absolute atomic E-state index is 9.74. The molecule has 0 fully saturated rings. The maximum atomic E-state index is 9.74. The van der Waals surface area contributed by atoms with Crippen molar-refractivity contribution in [1.29, 1.82) is 5.26 Å². The standard InChI is InChI=1S/C25H28N4O3/c1-6-29(7-2)18-10-8-16(9-11-18)19-14-21(28-25(27)20(19)15-26)17-12-22(30-3)24(32-5)23(13-17)31-4/h8-14H,6-7H2,1-5H3,(H2,27,28). The van der Waals surface area contributed by atoms with Gasteiger partial charge in [0.15, 0.2) is 11.5 Å². The number of nitrogens with zero attached hydrogens (tertiary/aromatic N) is 3. The average molecular weight is 433 g/mol. The Bertz CT molecular complexity index is 1110. The summed E-state index contributed by atoms with van der Waals surface area (Å²) in [4.78, 5) is 6.74. The first-order chi connectivity index (χ1) is 15.5. The van der Waals surface area contributed by atoms with Gasteiger partial charge in [-0.05, 0) is 49.7 Å². The van der Waals surface area contributed by atoms with Crippen molar-refractivity contribution in [2.45, 2.75) is 13.8 Å². The SMILES string of the molecule is CCN(CC)c1ccc(-c2cc(-c3cc(OC)c(OC)c(OC)c3)nc(N)c2C#N)cc1. The zero-order chi connectivity index (χ0) is 23.3. The third kappa shape index (κ3) is 4.26. The molecule has 0 aliphatic carbocycles. The third-order valence-electron chi connectivity index (χ3n) is 5.43. The molecule has 0 atom stereocenters. The lowest BCUT2D eigenvalue weighted by Gasteiger charge is -2.21. The average Bonchev–Trinajstić information content (AvgIpc) is 2.83. The molecule has 0 aliphatic rings. The van der Waals surface area contributed by atoms with Crippen LogP contribution in [0.4, 0.5) is 11.5 Å². The first kappa shape index (κ1) is 22.8.